The van der Waals surface area contributed by atoms with E-state index in [0.717, 1.165) is 18.3 Å². The van der Waals surface area contributed by atoms with Gasteiger partial charge in [0.15, 0.2) is 0 Å². The minimum absolute atomic E-state index is 0.0403. The Labute approximate surface area is 168 Å². The molecule has 3 heterocycles. The molecule has 1 fully saturated rings. The van der Waals surface area contributed by atoms with Crippen molar-refractivity contribution in [1.29, 1.82) is 0 Å². The van der Waals surface area contributed by atoms with Crippen molar-refractivity contribution in [3.63, 3.8) is 0 Å². The normalized spacial score (nSPS) is 15.4. The minimum atomic E-state index is -4.54. The lowest BCUT2D eigenvalue weighted by molar-refractivity contribution is -0.141. The molecule has 3 aromatic rings. The first kappa shape index (κ1) is 20.0. The summed E-state index contributed by atoms with van der Waals surface area (Å²) in [6.07, 6.45) is -2.45. The Hall–Kier alpha value is -3.30. The number of rotatable bonds is 3. The van der Waals surface area contributed by atoms with Gasteiger partial charge in [0.25, 0.3) is 5.91 Å². The van der Waals surface area contributed by atoms with Crippen molar-refractivity contribution >= 4 is 5.91 Å². The van der Waals surface area contributed by atoms with E-state index in [1.807, 2.05) is 0 Å². The molecule has 4 rings (SSSR count). The third-order valence-corrected chi connectivity index (χ3v) is 4.98. The molecule has 0 spiro atoms. The summed E-state index contributed by atoms with van der Waals surface area (Å²) in [5, 5.41) is 3.93. The van der Waals surface area contributed by atoms with Crippen molar-refractivity contribution < 1.29 is 26.9 Å². The molecule has 6 nitrogen and oxygen atoms in total. The SMILES string of the molecule is O=C(c1ccc(C(F)(F)F)nc1)N1CCC(c2nc(-c3ccc(F)cc3)no2)CC1. The van der Waals surface area contributed by atoms with Crippen LogP contribution in [0.1, 0.15) is 40.7 Å². The smallest absolute Gasteiger partial charge is 0.339 e. The van der Waals surface area contributed by atoms with Crippen LogP contribution in [0.3, 0.4) is 0 Å². The largest absolute Gasteiger partial charge is 0.433 e. The van der Waals surface area contributed by atoms with E-state index < -0.39 is 11.9 Å². The van der Waals surface area contributed by atoms with E-state index in [9.17, 15) is 22.4 Å². The molecule has 2 aromatic heterocycles. The van der Waals surface area contributed by atoms with Crippen LogP contribution in [-0.4, -0.2) is 39.0 Å². The fraction of sp³-hybridized carbons (Fsp3) is 0.300. The van der Waals surface area contributed by atoms with Gasteiger partial charge in [-0.2, -0.15) is 18.2 Å². The first-order chi connectivity index (χ1) is 14.3. The Morgan fingerprint density at radius 1 is 1.07 bits per heavy atom. The van der Waals surface area contributed by atoms with Crippen molar-refractivity contribution in [3.05, 3.63) is 65.6 Å². The highest BCUT2D eigenvalue weighted by molar-refractivity contribution is 5.94. The van der Waals surface area contributed by atoms with E-state index in [1.165, 1.54) is 12.1 Å². The molecule has 0 aliphatic carbocycles. The average molecular weight is 420 g/mol. The Kier molecular flexibility index (Phi) is 5.23. The number of amides is 1. The first-order valence-corrected chi connectivity index (χ1v) is 9.23. The topological polar surface area (TPSA) is 72.1 Å². The van der Waals surface area contributed by atoms with Crippen LogP contribution in [0.15, 0.2) is 47.1 Å². The van der Waals surface area contributed by atoms with Gasteiger partial charge < -0.3 is 9.42 Å². The molecule has 0 saturated carbocycles. The van der Waals surface area contributed by atoms with Crippen molar-refractivity contribution in [3.8, 4) is 11.4 Å². The number of nitrogens with zero attached hydrogens (tertiary/aromatic N) is 4. The molecule has 0 radical (unpaired) electrons. The van der Waals surface area contributed by atoms with Gasteiger partial charge in [0.05, 0.1) is 5.56 Å². The summed E-state index contributed by atoms with van der Waals surface area (Å²) in [6, 6.07) is 7.68. The predicted molar refractivity (Wildman–Crippen MR) is 96.8 cm³/mol. The van der Waals surface area contributed by atoms with Gasteiger partial charge in [-0.15, -0.1) is 0 Å². The van der Waals surface area contributed by atoms with E-state index in [2.05, 4.69) is 15.1 Å². The molecule has 1 amide bonds. The van der Waals surface area contributed by atoms with Crippen LogP contribution >= 0.6 is 0 Å². The highest BCUT2D eigenvalue weighted by atomic mass is 19.4. The molecular formula is C20H16F4N4O2. The highest BCUT2D eigenvalue weighted by Gasteiger charge is 2.33. The number of hydrogen-bond acceptors (Lipinski definition) is 5. The number of pyridine rings is 1. The molecular weight excluding hydrogens is 404 g/mol. The zero-order valence-electron chi connectivity index (χ0n) is 15.6. The van der Waals surface area contributed by atoms with Gasteiger partial charge in [0.2, 0.25) is 11.7 Å². The van der Waals surface area contributed by atoms with Gasteiger partial charge in [-0.25, -0.2) is 4.39 Å². The lowest BCUT2D eigenvalue weighted by Gasteiger charge is -2.30. The van der Waals surface area contributed by atoms with Gasteiger partial charge in [-0.3, -0.25) is 9.78 Å². The van der Waals surface area contributed by atoms with Crippen LogP contribution in [0.25, 0.3) is 11.4 Å². The predicted octanol–water partition coefficient (Wildman–Crippen LogP) is 4.31. The van der Waals surface area contributed by atoms with Crippen molar-refractivity contribution in [2.24, 2.45) is 0 Å². The summed E-state index contributed by atoms with van der Waals surface area (Å²) in [6.45, 7) is 0.803. The number of piperidine rings is 1. The van der Waals surface area contributed by atoms with Crippen molar-refractivity contribution in [2.75, 3.05) is 13.1 Å². The zero-order chi connectivity index (χ0) is 21.3. The summed E-state index contributed by atoms with van der Waals surface area (Å²) in [7, 11) is 0. The molecule has 30 heavy (non-hydrogen) atoms. The van der Waals surface area contributed by atoms with Gasteiger partial charge in [0.1, 0.15) is 11.5 Å². The van der Waals surface area contributed by atoms with Crippen molar-refractivity contribution in [1.82, 2.24) is 20.0 Å². The molecule has 1 saturated heterocycles. The Morgan fingerprint density at radius 3 is 2.37 bits per heavy atom. The fourth-order valence-electron chi connectivity index (χ4n) is 3.32. The first-order valence-electron chi connectivity index (χ1n) is 9.23. The second-order valence-electron chi connectivity index (χ2n) is 6.96. The number of carbonyl (C=O) groups is 1. The molecule has 156 valence electrons. The van der Waals surface area contributed by atoms with Crippen LogP contribution < -0.4 is 0 Å². The van der Waals surface area contributed by atoms with Crippen LogP contribution in [0, 0.1) is 5.82 Å². The molecule has 1 aliphatic heterocycles. The maximum absolute atomic E-state index is 13.0. The third-order valence-electron chi connectivity index (χ3n) is 4.98. The number of benzene rings is 1. The van der Waals surface area contributed by atoms with Gasteiger partial charge in [-0.1, -0.05) is 5.16 Å². The Bertz CT molecular complexity index is 1020. The number of hydrogen-bond donors (Lipinski definition) is 0. The Balaban J connectivity index is 1.38. The maximum Gasteiger partial charge on any atom is 0.433 e. The van der Waals surface area contributed by atoms with Gasteiger partial charge in [-0.05, 0) is 49.2 Å². The van der Waals surface area contributed by atoms with E-state index in [0.29, 0.717) is 43.2 Å². The standard InChI is InChI=1S/C20H16F4N4O2/c21-15-4-1-12(2-5-15)17-26-18(30-27-17)13-7-9-28(10-8-13)19(29)14-3-6-16(25-11-14)20(22,23)24/h1-6,11,13H,7-10H2. The second kappa shape index (κ2) is 7.85. The molecule has 1 aliphatic rings. The van der Waals surface area contributed by atoms with E-state index in [4.69, 9.17) is 4.52 Å². The van der Waals surface area contributed by atoms with Crippen LogP contribution in [0.5, 0.6) is 0 Å². The Morgan fingerprint density at radius 2 is 1.77 bits per heavy atom. The fourth-order valence-corrected chi connectivity index (χ4v) is 3.32. The summed E-state index contributed by atoms with van der Waals surface area (Å²) in [5.74, 6) is 0.0355. The monoisotopic (exact) mass is 420 g/mol. The van der Waals surface area contributed by atoms with Crippen LogP contribution in [0.4, 0.5) is 17.6 Å². The lowest BCUT2D eigenvalue weighted by Crippen LogP contribution is -2.38. The zero-order valence-corrected chi connectivity index (χ0v) is 15.6. The quantitative estimate of drug-likeness (QED) is 0.591. The molecule has 10 heteroatoms. The summed E-state index contributed by atoms with van der Waals surface area (Å²) in [4.78, 5) is 21.8. The summed E-state index contributed by atoms with van der Waals surface area (Å²) >= 11 is 0. The van der Waals surface area contributed by atoms with E-state index in [1.54, 1.807) is 17.0 Å². The number of carbonyl (C=O) groups excluding carboxylic acids is 1. The number of alkyl halides is 3. The summed E-state index contributed by atoms with van der Waals surface area (Å²) < 4.78 is 56.2. The average Bonchev–Trinajstić information content (AvgIpc) is 3.24. The molecule has 0 unspecified atom stereocenters. The third kappa shape index (κ3) is 4.17. The lowest BCUT2D eigenvalue weighted by atomic mass is 9.96. The molecule has 0 atom stereocenters. The second-order valence-corrected chi connectivity index (χ2v) is 6.96. The van der Waals surface area contributed by atoms with Crippen LogP contribution in [0.2, 0.25) is 0 Å². The van der Waals surface area contributed by atoms with Crippen LogP contribution in [-0.2, 0) is 6.18 Å². The number of aromatic nitrogens is 3. The van der Waals surface area contributed by atoms with Gasteiger partial charge in [0, 0.05) is 30.8 Å². The maximum atomic E-state index is 13.0. The minimum Gasteiger partial charge on any atom is -0.339 e. The summed E-state index contributed by atoms with van der Waals surface area (Å²) in [5.41, 5.74) is -0.294. The molecule has 0 bridgehead atoms. The molecule has 0 N–H and O–H groups in total. The number of halogens is 4. The molecule has 1 aromatic carbocycles. The van der Waals surface area contributed by atoms with Crippen molar-refractivity contribution in [2.45, 2.75) is 24.9 Å². The highest BCUT2D eigenvalue weighted by Crippen LogP contribution is 2.30. The van der Waals surface area contributed by atoms with E-state index in [-0.39, 0.29) is 23.2 Å². The number of likely N-dealkylation sites (tertiary alicyclic amines) is 1. The van der Waals surface area contributed by atoms with E-state index >= 15 is 0 Å². The van der Waals surface area contributed by atoms with Gasteiger partial charge >= 0.3 is 6.18 Å².